The number of ether oxygens (including phenoxy) is 1. The molecule has 0 radical (unpaired) electrons. The highest BCUT2D eigenvalue weighted by Crippen LogP contribution is 2.05. The van der Waals surface area contributed by atoms with E-state index in [0.29, 0.717) is 19.6 Å². The van der Waals surface area contributed by atoms with E-state index in [0.717, 1.165) is 0 Å². The van der Waals surface area contributed by atoms with Gasteiger partial charge < -0.3 is 19.8 Å². The molecule has 5 heteroatoms. The normalized spacial score (nSPS) is 25.1. The van der Waals surface area contributed by atoms with Crippen LogP contribution < -0.4 is 0 Å². The van der Waals surface area contributed by atoms with Crippen LogP contribution in [0.4, 0.5) is 4.79 Å². The van der Waals surface area contributed by atoms with E-state index in [2.05, 4.69) is 0 Å². The molecule has 1 fully saturated rings. The lowest BCUT2D eigenvalue weighted by atomic mass is 10.3. The third kappa shape index (κ3) is 2.35. The lowest BCUT2D eigenvalue weighted by Gasteiger charge is -2.19. The fraction of sp³-hybridized carbons (Fsp3) is 0.857. The van der Waals surface area contributed by atoms with Crippen LogP contribution in [0.25, 0.3) is 0 Å². The Bertz CT molecular complexity index is 161. The first-order valence-electron chi connectivity index (χ1n) is 3.94. The minimum atomic E-state index is -0.945. The highest BCUT2D eigenvalue weighted by Gasteiger charge is 2.20. The van der Waals surface area contributed by atoms with Crippen molar-refractivity contribution in [2.24, 2.45) is 0 Å². The first-order valence-corrected chi connectivity index (χ1v) is 3.94. The molecule has 0 bridgehead atoms. The van der Waals surface area contributed by atoms with Gasteiger partial charge in [0, 0.05) is 13.2 Å². The van der Waals surface area contributed by atoms with E-state index in [1.54, 1.807) is 0 Å². The van der Waals surface area contributed by atoms with Gasteiger partial charge in [-0.25, -0.2) is 4.79 Å². The van der Waals surface area contributed by atoms with Gasteiger partial charge in [0.25, 0.3) is 0 Å². The molecule has 0 aromatic heterocycles. The van der Waals surface area contributed by atoms with Gasteiger partial charge in [-0.2, -0.15) is 0 Å². The third-order valence-electron chi connectivity index (χ3n) is 1.82. The lowest BCUT2D eigenvalue weighted by molar-refractivity contribution is 0.0147. The second kappa shape index (κ2) is 4.27. The van der Waals surface area contributed by atoms with E-state index in [1.165, 1.54) is 4.90 Å². The van der Waals surface area contributed by atoms with Crippen LogP contribution in [0.3, 0.4) is 0 Å². The number of aliphatic hydroxyl groups excluding tert-OH is 1. The van der Waals surface area contributed by atoms with Crippen LogP contribution in [0.2, 0.25) is 0 Å². The molecule has 2 N–H and O–H groups in total. The highest BCUT2D eigenvalue weighted by atomic mass is 16.5. The van der Waals surface area contributed by atoms with Gasteiger partial charge in [0.1, 0.15) is 0 Å². The fourth-order valence-corrected chi connectivity index (χ4v) is 1.18. The van der Waals surface area contributed by atoms with Gasteiger partial charge in [-0.05, 0) is 6.42 Å². The summed E-state index contributed by atoms with van der Waals surface area (Å²) in [7, 11) is 0. The summed E-state index contributed by atoms with van der Waals surface area (Å²) in [6.45, 7) is 1.16. The highest BCUT2D eigenvalue weighted by molar-refractivity contribution is 5.64. The molecule has 70 valence electrons. The van der Waals surface area contributed by atoms with Crippen LogP contribution in [0.5, 0.6) is 0 Å². The number of rotatable bonds is 1. The number of amides is 1. The SMILES string of the molecule is O=C(O)N1CCCO[C@H](CO)C1. The van der Waals surface area contributed by atoms with Crippen molar-refractivity contribution in [2.45, 2.75) is 12.5 Å². The number of hydrogen-bond acceptors (Lipinski definition) is 3. The first-order chi connectivity index (χ1) is 5.74. The molecule has 12 heavy (non-hydrogen) atoms. The summed E-state index contributed by atoms with van der Waals surface area (Å²) in [5, 5.41) is 17.4. The smallest absolute Gasteiger partial charge is 0.407 e. The van der Waals surface area contributed by atoms with Crippen molar-refractivity contribution in [3.63, 3.8) is 0 Å². The van der Waals surface area contributed by atoms with E-state index >= 15 is 0 Å². The van der Waals surface area contributed by atoms with Crippen LogP contribution >= 0.6 is 0 Å². The van der Waals surface area contributed by atoms with Crippen LogP contribution in [0.1, 0.15) is 6.42 Å². The van der Waals surface area contributed by atoms with Crippen molar-refractivity contribution in [3.05, 3.63) is 0 Å². The summed E-state index contributed by atoms with van der Waals surface area (Å²) in [4.78, 5) is 11.8. The number of nitrogens with zero attached hydrogens (tertiary/aromatic N) is 1. The maximum atomic E-state index is 10.6. The average molecular weight is 175 g/mol. The Morgan fingerprint density at radius 1 is 1.67 bits per heavy atom. The maximum absolute atomic E-state index is 10.6. The molecule has 0 aromatic rings. The Kier molecular flexibility index (Phi) is 3.31. The van der Waals surface area contributed by atoms with Gasteiger partial charge in [0.2, 0.25) is 0 Å². The van der Waals surface area contributed by atoms with E-state index in [-0.39, 0.29) is 19.3 Å². The van der Waals surface area contributed by atoms with E-state index < -0.39 is 6.09 Å². The fourth-order valence-electron chi connectivity index (χ4n) is 1.18. The Hall–Kier alpha value is -0.810. The summed E-state index contributed by atoms with van der Waals surface area (Å²) in [6.07, 6.45) is -0.606. The quantitative estimate of drug-likeness (QED) is 0.576. The third-order valence-corrected chi connectivity index (χ3v) is 1.82. The number of carboxylic acid groups (broad SMARTS) is 1. The molecule has 0 spiro atoms. The molecule has 1 heterocycles. The Morgan fingerprint density at radius 3 is 3.00 bits per heavy atom. The summed E-state index contributed by atoms with van der Waals surface area (Å²) in [5.41, 5.74) is 0. The molecule has 1 rings (SSSR count). The Balaban J connectivity index is 2.47. The van der Waals surface area contributed by atoms with Crippen molar-refractivity contribution >= 4 is 6.09 Å². The molecular weight excluding hydrogens is 162 g/mol. The van der Waals surface area contributed by atoms with Crippen molar-refractivity contribution in [1.29, 1.82) is 0 Å². The Morgan fingerprint density at radius 2 is 2.42 bits per heavy atom. The largest absolute Gasteiger partial charge is 0.465 e. The van der Waals surface area contributed by atoms with Crippen molar-refractivity contribution in [1.82, 2.24) is 4.90 Å². The van der Waals surface area contributed by atoms with Gasteiger partial charge in [0.05, 0.1) is 19.3 Å². The molecule has 0 unspecified atom stereocenters. The molecule has 5 nitrogen and oxygen atoms in total. The summed E-state index contributed by atoms with van der Waals surface area (Å²) in [6, 6.07) is 0. The molecule has 1 atom stereocenters. The van der Waals surface area contributed by atoms with Crippen molar-refractivity contribution in [2.75, 3.05) is 26.3 Å². The minimum Gasteiger partial charge on any atom is -0.465 e. The standard InChI is InChI=1S/C7H13NO4/c9-5-6-4-8(7(10)11)2-1-3-12-6/h6,9H,1-5H2,(H,10,11)/t6-/m0/s1. The maximum Gasteiger partial charge on any atom is 0.407 e. The summed E-state index contributed by atoms with van der Waals surface area (Å²) in [5.74, 6) is 0. The number of hydrogen-bond donors (Lipinski definition) is 2. The molecule has 1 aliphatic rings. The van der Waals surface area contributed by atoms with Gasteiger partial charge in [0.15, 0.2) is 0 Å². The van der Waals surface area contributed by atoms with Gasteiger partial charge in [-0.1, -0.05) is 0 Å². The Labute approximate surface area is 70.5 Å². The molecular formula is C7H13NO4. The van der Waals surface area contributed by atoms with E-state index in [1.807, 2.05) is 0 Å². The zero-order valence-electron chi connectivity index (χ0n) is 6.77. The summed E-state index contributed by atoms with van der Waals surface area (Å²) >= 11 is 0. The van der Waals surface area contributed by atoms with Crippen LogP contribution in [0.15, 0.2) is 0 Å². The molecule has 0 aromatic carbocycles. The molecule has 0 saturated carbocycles. The van der Waals surface area contributed by atoms with Gasteiger partial charge in [-0.3, -0.25) is 0 Å². The zero-order valence-corrected chi connectivity index (χ0v) is 6.77. The zero-order chi connectivity index (χ0) is 8.97. The predicted octanol–water partition coefficient (Wildman–Crippen LogP) is -0.252. The van der Waals surface area contributed by atoms with Crippen LogP contribution in [-0.4, -0.2) is 53.6 Å². The number of aliphatic hydroxyl groups is 1. The topological polar surface area (TPSA) is 70.0 Å². The second-order valence-corrected chi connectivity index (χ2v) is 2.76. The van der Waals surface area contributed by atoms with E-state index in [4.69, 9.17) is 14.9 Å². The predicted molar refractivity (Wildman–Crippen MR) is 41.0 cm³/mol. The first kappa shape index (κ1) is 9.28. The molecule has 0 aliphatic carbocycles. The van der Waals surface area contributed by atoms with Crippen molar-refractivity contribution in [3.8, 4) is 0 Å². The monoisotopic (exact) mass is 175 g/mol. The van der Waals surface area contributed by atoms with Crippen LogP contribution in [0, 0.1) is 0 Å². The molecule has 1 aliphatic heterocycles. The second-order valence-electron chi connectivity index (χ2n) is 2.76. The molecule has 1 amide bonds. The van der Waals surface area contributed by atoms with E-state index in [9.17, 15) is 4.79 Å². The minimum absolute atomic E-state index is 0.121. The average Bonchev–Trinajstić information content (AvgIpc) is 2.28. The van der Waals surface area contributed by atoms with Crippen LogP contribution in [-0.2, 0) is 4.74 Å². The van der Waals surface area contributed by atoms with Gasteiger partial charge in [-0.15, -0.1) is 0 Å². The van der Waals surface area contributed by atoms with Gasteiger partial charge >= 0.3 is 6.09 Å². The number of carbonyl (C=O) groups is 1. The lowest BCUT2D eigenvalue weighted by Crippen LogP contribution is -2.37. The molecule has 1 saturated heterocycles. The van der Waals surface area contributed by atoms with Crippen molar-refractivity contribution < 1.29 is 19.7 Å². The summed E-state index contributed by atoms with van der Waals surface area (Å²) < 4.78 is 5.18.